The van der Waals surface area contributed by atoms with Crippen LogP contribution in [-0.4, -0.2) is 12.8 Å². The molecule has 0 aliphatic carbocycles. The van der Waals surface area contributed by atoms with E-state index < -0.39 is 0 Å². The van der Waals surface area contributed by atoms with Gasteiger partial charge >= 0.3 is 0 Å². The van der Waals surface area contributed by atoms with E-state index in [0.717, 1.165) is 5.56 Å². The van der Waals surface area contributed by atoms with E-state index in [2.05, 4.69) is 26.6 Å². The maximum Gasteiger partial charge on any atom is 0.240 e. The first-order valence-corrected chi connectivity index (χ1v) is 6.33. The second kappa shape index (κ2) is 9.75. The van der Waals surface area contributed by atoms with Crippen molar-refractivity contribution in [1.82, 2.24) is 0 Å². The molecule has 20 heavy (non-hydrogen) atoms. The summed E-state index contributed by atoms with van der Waals surface area (Å²) in [5, 5.41) is 7.88. The molecule has 0 spiro atoms. The lowest BCUT2D eigenvalue weighted by molar-refractivity contribution is -0.695. The standard InChI is InChI=1S/C13H14ClN4O2/c14-5-1-12(9-16-19)2-6-15-11-18-7-3-13(4-8-18)10-17-20/h3-4,6-8,12H,2,9-11H2/q+1. The molecule has 0 saturated heterocycles. The lowest BCUT2D eigenvalue weighted by atomic mass is 10.1. The van der Waals surface area contributed by atoms with Crippen LogP contribution in [0.5, 0.6) is 0 Å². The number of hydrogen-bond donors (Lipinski definition) is 0. The van der Waals surface area contributed by atoms with E-state index in [4.69, 9.17) is 11.6 Å². The molecule has 0 aliphatic heterocycles. The van der Waals surface area contributed by atoms with Gasteiger partial charge in [-0.2, -0.15) is 14.4 Å². The van der Waals surface area contributed by atoms with Crippen molar-refractivity contribution in [1.29, 1.82) is 0 Å². The molecule has 6 nitrogen and oxygen atoms in total. The molecule has 0 aliphatic rings. The molecule has 0 aromatic carbocycles. The molecule has 7 heteroatoms. The van der Waals surface area contributed by atoms with Crippen molar-refractivity contribution in [3.05, 3.63) is 39.9 Å². The highest BCUT2D eigenvalue weighted by Crippen LogP contribution is 2.00. The van der Waals surface area contributed by atoms with Gasteiger partial charge in [-0.05, 0) is 23.6 Å². The summed E-state index contributed by atoms with van der Waals surface area (Å²) in [4.78, 5) is 24.5. The van der Waals surface area contributed by atoms with E-state index in [0.29, 0.717) is 13.1 Å². The zero-order chi connectivity index (χ0) is 14.6. The van der Waals surface area contributed by atoms with E-state index >= 15 is 0 Å². The van der Waals surface area contributed by atoms with Crippen molar-refractivity contribution in [3.8, 4) is 11.3 Å². The van der Waals surface area contributed by atoms with E-state index in [1.54, 1.807) is 6.21 Å². The topological polar surface area (TPSA) is 75.1 Å². The number of nitrogens with zero attached hydrogens (tertiary/aromatic N) is 4. The first-order chi connectivity index (χ1) is 9.80. The highest BCUT2D eigenvalue weighted by atomic mass is 35.5. The maximum atomic E-state index is 10.2. The van der Waals surface area contributed by atoms with Gasteiger partial charge in [-0.25, -0.2) is 4.99 Å². The van der Waals surface area contributed by atoms with Gasteiger partial charge in [-0.1, -0.05) is 16.3 Å². The van der Waals surface area contributed by atoms with E-state index in [-0.39, 0.29) is 19.0 Å². The smallest absolute Gasteiger partial charge is 0.232 e. The lowest BCUT2D eigenvalue weighted by Gasteiger charge is -1.99. The van der Waals surface area contributed by atoms with Crippen LogP contribution < -0.4 is 4.57 Å². The highest BCUT2D eigenvalue weighted by molar-refractivity contribution is 6.30. The average Bonchev–Trinajstić information content (AvgIpc) is 2.46. The van der Waals surface area contributed by atoms with Crippen molar-refractivity contribution < 1.29 is 4.57 Å². The summed E-state index contributed by atoms with van der Waals surface area (Å²) >= 11 is 5.30. The van der Waals surface area contributed by atoms with Crippen LogP contribution in [0, 0.1) is 27.0 Å². The molecule has 0 bridgehead atoms. The largest absolute Gasteiger partial charge is 0.240 e. The van der Waals surface area contributed by atoms with E-state index in [9.17, 15) is 9.81 Å². The molecule has 0 saturated carbocycles. The van der Waals surface area contributed by atoms with Crippen molar-refractivity contribution in [2.75, 3.05) is 6.54 Å². The Hall–Kier alpha value is -2.13. The van der Waals surface area contributed by atoms with Crippen molar-refractivity contribution in [3.63, 3.8) is 0 Å². The first kappa shape index (κ1) is 15.9. The molecule has 1 heterocycles. The van der Waals surface area contributed by atoms with Gasteiger partial charge in [0.05, 0.1) is 6.54 Å². The molecular weight excluding hydrogens is 280 g/mol. The number of aromatic nitrogens is 1. The number of hydrogen-bond acceptors (Lipinski definition) is 5. The number of pyridine rings is 1. The number of aliphatic imine (C=N–C) groups is 1. The zero-order valence-electron chi connectivity index (χ0n) is 10.8. The van der Waals surface area contributed by atoms with Gasteiger partial charge < -0.3 is 0 Å². The van der Waals surface area contributed by atoms with Crippen LogP contribution in [0.3, 0.4) is 0 Å². The minimum absolute atomic E-state index is 0.103. The predicted octanol–water partition coefficient (Wildman–Crippen LogP) is 2.24. The Morgan fingerprint density at radius 2 is 2.05 bits per heavy atom. The Kier molecular flexibility index (Phi) is 7.77. The second-order valence-electron chi connectivity index (χ2n) is 4.00. The van der Waals surface area contributed by atoms with Crippen molar-refractivity contribution in [2.45, 2.75) is 19.6 Å². The third-order valence-electron chi connectivity index (χ3n) is 2.52. The van der Waals surface area contributed by atoms with Crippen LogP contribution in [0.25, 0.3) is 0 Å². The highest BCUT2D eigenvalue weighted by Gasteiger charge is 2.03. The molecule has 0 amide bonds. The monoisotopic (exact) mass is 293 g/mol. The Morgan fingerprint density at radius 1 is 1.30 bits per heavy atom. The second-order valence-corrected chi connectivity index (χ2v) is 4.19. The summed E-state index contributed by atoms with van der Waals surface area (Å²) in [5.74, 6) is 2.49. The van der Waals surface area contributed by atoms with E-state index in [1.807, 2.05) is 29.1 Å². The Balaban J connectivity index is 2.44. The fourth-order valence-corrected chi connectivity index (χ4v) is 1.62. The molecular formula is C13H14ClN4O2+. The average molecular weight is 294 g/mol. The summed E-state index contributed by atoms with van der Waals surface area (Å²) in [7, 11) is 0. The summed E-state index contributed by atoms with van der Waals surface area (Å²) in [6, 6.07) is 3.63. The number of rotatable bonds is 8. The minimum Gasteiger partial charge on any atom is -0.232 e. The fourth-order valence-electron chi connectivity index (χ4n) is 1.46. The van der Waals surface area contributed by atoms with Crippen LogP contribution in [0.4, 0.5) is 0 Å². The Labute approximate surface area is 121 Å². The number of nitroso groups, excluding NO2 is 2. The minimum atomic E-state index is -0.195. The first-order valence-electron chi connectivity index (χ1n) is 5.95. The van der Waals surface area contributed by atoms with E-state index in [1.165, 1.54) is 0 Å². The molecule has 0 N–H and O–H groups in total. The van der Waals surface area contributed by atoms with Crippen molar-refractivity contribution in [2.24, 2.45) is 21.3 Å². The Bertz CT molecular complexity index is 519. The van der Waals surface area contributed by atoms with Gasteiger partial charge in [0.25, 0.3) is 0 Å². The summed E-state index contributed by atoms with van der Waals surface area (Å²) in [6.45, 7) is 0.720. The van der Waals surface area contributed by atoms with Crippen molar-refractivity contribution >= 4 is 17.8 Å². The van der Waals surface area contributed by atoms with Crippen LogP contribution in [0.1, 0.15) is 12.0 Å². The predicted molar refractivity (Wildman–Crippen MR) is 77.0 cm³/mol. The Morgan fingerprint density at radius 3 is 2.65 bits per heavy atom. The van der Waals surface area contributed by atoms with Gasteiger partial charge in [0.2, 0.25) is 6.67 Å². The normalized spacial score (nSPS) is 11.7. The molecule has 0 radical (unpaired) electrons. The van der Waals surface area contributed by atoms with Crippen LogP contribution in [0.15, 0.2) is 39.9 Å². The maximum absolute atomic E-state index is 10.2. The molecule has 1 aromatic rings. The van der Waals surface area contributed by atoms with Crippen LogP contribution >= 0.6 is 11.6 Å². The van der Waals surface area contributed by atoms with Gasteiger partial charge in [0, 0.05) is 29.6 Å². The summed E-state index contributed by atoms with van der Waals surface area (Å²) < 4.78 is 1.85. The molecule has 0 fully saturated rings. The van der Waals surface area contributed by atoms with Gasteiger partial charge in [-0.3, -0.25) is 0 Å². The summed E-state index contributed by atoms with van der Waals surface area (Å²) in [5.41, 5.74) is 0.856. The third-order valence-corrected chi connectivity index (χ3v) is 2.63. The quantitative estimate of drug-likeness (QED) is 0.319. The molecule has 1 rings (SSSR count). The molecule has 1 atom stereocenters. The zero-order valence-corrected chi connectivity index (χ0v) is 11.5. The molecule has 1 unspecified atom stereocenters. The summed E-state index contributed by atoms with van der Waals surface area (Å²) in [6.07, 6.45) is 5.87. The number of halogens is 1. The van der Waals surface area contributed by atoms with Gasteiger partial charge in [0.1, 0.15) is 6.54 Å². The molecule has 1 aromatic heterocycles. The van der Waals surface area contributed by atoms with Gasteiger partial charge in [-0.15, -0.1) is 0 Å². The van der Waals surface area contributed by atoms with Crippen LogP contribution in [-0.2, 0) is 13.2 Å². The SMILES string of the molecule is O=NCc1cc[n+](CN=CCC(C#CCl)CN=O)cc1. The third kappa shape index (κ3) is 6.16. The fraction of sp³-hybridized carbons (Fsp3) is 0.385. The van der Waals surface area contributed by atoms with Gasteiger partial charge in [0.15, 0.2) is 12.4 Å². The van der Waals surface area contributed by atoms with Crippen LogP contribution in [0.2, 0.25) is 0 Å². The molecule has 104 valence electrons. The lowest BCUT2D eigenvalue weighted by Crippen LogP contribution is -2.31.